The number of likely N-dealkylation sites (N-methyl/N-ethyl adjacent to an activating group) is 1. The van der Waals surface area contributed by atoms with E-state index in [1.807, 2.05) is 24.4 Å². The van der Waals surface area contributed by atoms with Gasteiger partial charge in [0.2, 0.25) is 0 Å². The third kappa shape index (κ3) is 5.08. The normalized spacial score (nSPS) is 15.6. The lowest BCUT2D eigenvalue weighted by atomic mass is 10.1. The van der Waals surface area contributed by atoms with Crippen LogP contribution in [0.15, 0.2) is 28.4 Å². The summed E-state index contributed by atoms with van der Waals surface area (Å²) in [7, 11) is 2.16. The van der Waals surface area contributed by atoms with Gasteiger partial charge in [0.25, 0.3) is 0 Å². The molecular weight excluding hydrogens is 410 g/mol. The van der Waals surface area contributed by atoms with Crippen LogP contribution in [0.3, 0.4) is 0 Å². The highest BCUT2D eigenvalue weighted by Gasteiger charge is 2.15. The summed E-state index contributed by atoms with van der Waals surface area (Å²) in [5, 5.41) is 6.79. The van der Waals surface area contributed by atoms with Gasteiger partial charge in [0.1, 0.15) is 12.4 Å². The predicted octanol–water partition coefficient (Wildman–Crippen LogP) is 3.41. The summed E-state index contributed by atoms with van der Waals surface area (Å²) in [5.41, 5.74) is 3.25. The molecule has 3 aromatic rings. The zero-order valence-electron chi connectivity index (χ0n) is 18.7. The summed E-state index contributed by atoms with van der Waals surface area (Å²) in [4.78, 5) is 25.6. The lowest BCUT2D eigenvalue weighted by Crippen LogP contribution is -2.45. The van der Waals surface area contributed by atoms with Crippen molar-refractivity contribution >= 4 is 27.4 Å². The van der Waals surface area contributed by atoms with E-state index in [1.54, 1.807) is 6.07 Å². The molecule has 0 bridgehead atoms. The van der Waals surface area contributed by atoms with E-state index in [4.69, 9.17) is 4.74 Å². The van der Waals surface area contributed by atoms with Gasteiger partial charge in [0, 0.05) is 61.2 Å². The second kappa shape index (κ2) is 9.38. The van der Waals surface area contributed by atoms with Crippen molar-refractivity contribution in [2.45, 2.75) is 26.8 Å². The average Bonchev–Trinajstić information content (AvgIpc) is 3.19. The first-order valence-corrected chi connectivity index (χ1v) is 11.7. The van der Waals surface area contributed by atoms with E-state index in [0.29, 0.717) is 18.0 Å². The van der Waals surface area contributed by atoms with E-state index < -0.39 is 0 Å². The van der Waals surface area contributed by atoms with Crippen LogP contribution in [0.25, 0.3) is 22.3 Å². The van der Waals surface area contributed by atoms with Crippen LogP contribution in [0.1, 0.15) is 19.4 Å². The van der Waals surface area contributed by atoms with Crippen LogP contribution in [0, 0.1) is 6.92 Å². The van der Waals surface area contributed by atoms with E-state index in [2.05, 4.69) is 46.0 Å². The number of H-pyrrole nitrogens is 1. The molecule has 8 heteroatoms. The largest absolute Gasteiger partial charge is 0.492 e. The summed E-state index contributed by atoms with van der Waals surface area (Å²) in [6, 6.07) is 5.69. The number of fused-ring (bicyclic) bond motifs is 1. The Morgan fingerprint density at radius 3 is 2.77 bits per heavy atom. The molecular formula is C23H31N5O2S. The number of ether oxygens (including phenoxy) is 1. The molecule has 0 aliphatic carbocycles. The molecule has 1 aliphatic heterocycles. The Morgan fingerprint density at radius 2 is 2.03 bits per heavy atom. The van der Waals surface area contributed by atoms with Gasteiger partial charge in [-0.2, -0.15) is 0 Å². The fraction of sp³-hybridized carbons (Fsp3) is 0.478. The molecule has 0 spiro atoms. The number of pyridine rings is 1. The fourth-order valence-electron chi connectivity index (χ4n) is 3.80. The molecule has 7 nitrogen and oxygen atoms in total. The fourth-order valence-corrected chi connectivity index (χ4v) is 4.66. The summed E-state index contributed by atoms with van der Waals surface area (Å²) >= 11 is 1.54. The van der Waals surface area contributed by atoms with Gasteiger partial charge in [-0.25, -0.2) is 4.98 Å². The Balaban J connectivity index is 1.53. The summed E-state index contributed by atoms with van der Waals surface area (Å²) in [6.45, 7) is 12.1. The second-order valence-electron chi connectivity index (χ2n) is 8.49. The topological polar surface area (TPSA) is 73.5 Å². The van der Waals surface area contributed by atoms with Gasteiger partial charge < -0.3 is 19.9 Å². The number of rotatable bonds is 7. The molecule has 0 atom stereocenters. The zero-order chi connectivity index (χ0) is 22.0. The molecule has 0 amide bonds. The predicted molar refractivity (Wildman–Crippen MR) is 129 cm³/mol. The third-order valence-electron chi connectivity index (χ3n) is 5.67. The lowest BCUT2D eigenvalue weighted by Gasteiger charge is -2.32. The van der Waals surface area contributed by atoms with Crippen LogP contribution in [0.5, 0.6) is 5.75 Å². The summed E-state index contributed by atoms with van der Waals surface area (Å²) in [5.74, 6) is 0.815. The van der Waals surface area contributed by atoms with Crippen molar-refractivity contribution in [1.29, 1.82) is 0 Å². The number of aromatic nitrogens is 2. The Kier molecular flexibility index (Phi) is 6.60. The molecule has 1 saturated heterocycles. The molecule has 2 N–H and O–H groups in total. The van der Waals surface area contributed by atoms with E-state index in [0.717, 1.165) is 66.1 Å². The number of nitrogens with one attached hydrogen (secondary N) is 2. The maximum atomic E-state index is 12.8. The number of thiazole rings is 1. The summed E-state index contributed by atoms with van der Waals surface area (Å²) in [6.07, 6.45) is 0. The minimum Gasteiger partial charge on any atom is -0.492 e. The number of piperazine rings is 1. The average molecular weight is 442 g/mol. The maximum absolute atomic E-state index is 12.8. The Bertz CT molecular complexity index is 1100. The number of hydrogen-bond donors (Lipinski definition) is 2. The van der Waals surface area contributed by atoms with Crippen LogP contribution >= 0.6 is 11.3 Å². The van der Waals surface area contributed by atoms with Gasteiger partial charge >= 0.3 is 0 Å². The van der Waals surface area contributed by atoms with Crippen molar-refractivity contribution in [3.05, 3.63) is 39.4 Å². The van der Waals surface area contributed by atoms with Gasteiger partial charge in [0.05, 0.1) is 16.9 Å². The molecule has 0 radical (unpaired) electrons. The quantitative estimate of drug-likeness (QED) is 0.585. The number of hydrogen-bond acceptors (Lipinski definition) is 7. The number of aromatic amines is 1. The Hall–Kier alpha value is -2.42. The van der Waals surface area contributed by atoms with E-state index in [-0.39, 0.29) is 5.43 Å². The Labute approximate surface area is 187 Å². The number of benzene rings is 1. The van der Waals surface area contributed by atoms with Gasteiger partial charge in [-0.1, -0.05) is 0 Å². The molecule has 1 aliphatic rings. The van der Waals surface area contributed by atoms with Gasteiger partial charge in [0.15, 0.2) is 10.6 Å². The van der Waals surface area contributed by atoms with Gasteiger partial charge in [-0.05, 0) is 40.0 Å². The van der Waals surface area contributed by atoms with Crippen molar-refractivity contribution in [3.63, 3.8) is 0 Å². The van der Waals surface area contributed by atoms with Gasteiger partial charge in [-0.3, -0.25) is 9.69 Å². The summed E-state index contributed by atoms with van der Waals surface area (Å²) < 4.78 is 6.11. The van der Waals surface area contributed by atoms with Crippen molar-refractivity contribution < 1.29 is 4.74 Å². The third-order valence-corrected chi connectivity index (χ3v) is 6.44. The molecule has 1 fully saturated rings. The molecule has 0 saturated carbocycles. The van der Waals surface area contributed by atoms with E-state index in [1.165, 1.54) is 11.3 Å². The number of nitrogens with zero attached hydrogens (tertiary/aromatic N) is 3. The van der Waals surface area contributed by atoms with Crippen molar-refractivity contribution in [2.24, 2.45) is 0 Å². The first-order valence-electron chi connectivity index (χ1n) is 10.8. The second-order valence-corrected chi connectivity index (χ2v) is 9.35. The first kappa shape index (κ1) is 21.8. The van der Waals surface area contributed by atoms with Gasteiger partial charge in [-0.15, -0.1) is 11.3 Å². The van der Waals surface area contributed by atoms with Crippen LogP contribution in [-0.4, -0.2) is 72.2 Å². The van der Waals surface area contributed by atoms with Crippen LogP contribution in [0.4, 0.5) is 5.13 Å². The van der Waals surface area contributed by atoms with Crippen molar-refractivity contribution in [2.75, 3.05) is 51.7 Å². The molecule has 3 heterocycles. The van der Waals surface area contributed by atoms with Crippen LogP contribution in [0.2, 0.25) is 0 Å². The lowest BCUT2D eigenvalue weighted by molar-refractivity contribution is 0.133. The SMILES string of the molecule is Cc1c(OCCN2CCN(C)CC2)ccc2c(=O)cc(-c3csc(NC(C)C)n3)[nH]c12. The molecule has 4 rings (SSSR count). The highest BCUT2D eigenvalue weighted by molar-refractivity contribution is 7.14. The monoisotopic (exact) mass is 441 g/mol. The maximum Gasteiger partial charge on any atom is 0.190 e. The standard InChI is InChI=1S/C23H31N5O2S/c1-15(2)24-23-26-19(14-31-23)18-13-20(29)17-5-6-21(16(3)22(17)25-18)30-12-11-28-9-7-27(4)8-10-28/h5-6,13-15H,7-12H2,1-4H3,(H,24,26)(H,25,29). The molecule has 31 heavy (non-hydrogen) atoms. The minimum atomic E-state index is -0.0118. The zero-order valence-corrected chi connectivity index (χ0v) is 19.5. The molecule has 2 aromatic heterocycles. The minimum absolute atomic E-state index is 0.0118. The first-order chi connectivity index (χ1) is 14.9. The van der Waals surface area contributed by atoms with Crippen molar-refractivity contribution in [3.8, 4) is 17.1 Å². The molecule has 166 valence electrons. The number of aryl methyl sites for hydroxylation is 1. The Morgan fingerprint density at radius 1 is 1.26 bits per heavy atom. The van der Waals surface area contributed by atoms with Crippen LogP contribution in [-0.2, 0) is 0 Å². The van der Waals surface area contributed by atoms with Crippen LogP contribution < -0.4 is 15.5 Å². The molecule has 1 aromatic carbocycles. The highest BCUT2D eigenvalue weighted by atomic mass is 32.1. The van der Waals surface area contributed by atoms with Crippen molar-refractivity contribution in [1.82, 2.24) is 19.8 Å². The smallest absolute Gasteiger partial charge is 0.190 e. The highest BCUT2D eigenvalue weighted by Crippen LogP contribution is 2.28. The number of anilines is 1. The van der Waals surface area contributed by atoms with E-state index >= 15 is 0 Å². The molecule has 0 unspecified atom stereocenters. The van der Waals surface area contributed by atoms with E-state index in [9.17, 15) is 4.79 Å².